The second-order valence-electron chi connectivity index (χ2n) is 6.30. The number of nitrogens with one attached hydrogen (secondary N) is 1. The molecule has 24 heavy (non-hydrogen) atoms. The molecule has 1 aliphatic carbocycles. The molecule has 1 N–H and O–H groups in total. The molecule has 0 spiro atoms. The minimum atomic E-state index is 0.212. The Morgan fingerprint density at radius 3 is 2.58 bits per heavy atom. The molecular formula is C20H19Cl2NO. The molecule has 0 amide bonds. The molecule has 2 aromatic rings. The zero-order valence-electron chi connectivity index (χ0n) is 13.4. The van der Waals surface area contributed by atoms with Crippen LogP contribution in [0.15, 0.2) is 48.6 Å². The molecule has 2 aliphatic rings. The van der Waals surface area contributed by atoms with Crippen LogP contribution in [-0.4, -0.2) is 6.61 Å². The third kappa shape index (κ3) is 2.58. The maximum atomic E-state index is 6.48. The van der Waals surface area contributed by atoms with Gasteiger partial charge in [-0.25, -0.2) is 0 Å². The van der Waals surface area contributed by atoms with E-state index >= 15 is 0 Å². The lowest BCUT2D eigenvalue weighted by Gasteiger charge is -2.38. The standard InChI is InChI=1S/C20H19Cl2NO/c1-2-24-13-8-6-12(7-9-13)19-15-5-3-4-14(15)18-16(21)10-11-17(22)20(18)23-19/h3-4,6-11,14-15,19,23H,2,5H2,1H3. The molecule has 124 valence electrons. The smallest absolute Gasteiger partial charge is 0.119 e. The van der Waals surface area contributed by atoms with Crippen molar-refractivity contribution in [3.05, 3.63) is 69.7 Å². The fraction of sp³-hybridized carbons (Fsp3) is 0.300. The maximum absolute atomic E-state index is 6.48. The van der Waals surface area contributed by atoms with Crippen LogP contribution in [0.3, 0.4) is 0 Å². The highest BCUT2D eigenvalue weighted by atomic mass is 35.5. The molecule has 0 bridgehead atoms. The van der Waals surface area contributed by atoms with Gasteiger partial charge in [-0.15, -0.1) is 0 Å². The highest BCUT2D eigenvalue weighted by Gasteiger charge is 2.39. The minimum Gasteiger partial charge on any atom is -0.494 e. The summed E-state index contributed by atoms with van der Waals surface area (Å²) in [6.07, 6.45) is 5.57. The highest BCUT2D eigenvalue weighted by Crippen LogP contribution is 2.53. The number of benzene rings is 2. The van der Waals surface area contributed by atoms with Crippen LogP contribution in [-0.2, 0) is 0 Å². The predicted octanol–water partition coefficient (Wildman–Crippen LogP) is 6.22. The van der Waals surface area contributed by atoms with Crippen molar-refractivity contribution >= 4 is 28.9 Å². The van der Waals surface area contributed by atoms with Crippen molar-refractivity contribution in [2.24, 2.45) is 5.92 Å². The van der Waals surface area contributed by atoms with E-state index in [1.165, 1.54) is 5.56 Å². The third-order valence-electron chi connectivity index (χ3n) is 4.97. The molecule has 0 saturated carbocycles. The van der Waals surface area contributed by atoms with E-state index < -0.39 is 0 Å². The van der Waals surface area contributed by atoms with Gasteiger partial charge in [0, 0.05) is 16.5 Å². The predicted molar refractivity (Wildman–Crippen MR) is 100 cm³/mol. The van der Waals surface area contributed by atoms with E-state index in [9.17, 15) is 0 Å². The minimum absolute atomic E-state index is 0.212. The lowest BCUT2D eigenvalue weighted by Crippen LogP contribution is -2.29. The Kier molecular flexibility index (Phi) is 4.19. The first-order chi connectivity index (χ1) is 11.7. The summed E-state index contributed by atoms with van der Waals surface area (Å²) < 4.78 is 5.55. The SMILES string of the molecule is CCOc1ccc(C2Nc3c(Cl)ccc(Cl)c3C3C=CCC32)cc1. The van der Waals surface area contributed by atoms with Gasteiger partial charge in [0.25, 0.3) is 0 Å². The summed E-state index contributed by atoms with van der Waals surface area (Å²) in [4.78, 5) is 0. The lowest BCUT2D eigenvalue weighted by atomic mass is 9.77. The number of ether oxygens (including phenoxy) is 1. The number of hydrogen-bond acceptors (Lipinski definition) is 2. The summed E-state index contributed by atoms with van der Waals surface area (Å²) in [5.41, 5.74) is 3.35. The Morgan fingerprint density at radius 1 is 1.08 bits per heavy atom. The van der Waals surface area contributed by atoms with Gasteiger partial charge in [-0.3, -0.25) is 0 Å². The molecule has 4 rings (SSSR count). The quantitative estimate of drug-likeness (QED) is 0.656. The normalized spacial score (nSPS) is 24.2. The van der Waals surface area contributed by atoms with Gasteiger partial charge in [0.1, 0.15) is 5.75 Å². The Hall–Kier alpha value is -1.64. The van der Waals surface area contributed by atoms with Crippen molar-refractivity contribution in [3.63, 3.8) is 0 Å². The molecule has 2 nitrogen and oxygen atoms in total. The lowest BCUT2D eigenvalue weighted by molar-refractivity contribution is 0.340. The molecule has 0 fully saturated rings. The summed E-state index contributed by atoms with van der Waals surface area (Å²) in [5.74, 6) is 1.66. The first-order valence-corrected chi connectivity index (χ1v) is 9.08. The van der Waals surface area contributed by atoms with Crippen molar-refractivity contribution in [3.8, 4) is 5.75 Å². The fourth-order valence-electron chi connectivity index (χ4n) is 3.90. The van der Waals surface area contributed by atoms with E-state index in [0.717, 1.165) is 33.5 Å². The molecule has 1 aliphatic heterocycles. The molecule has 4 heteroatoms. The van der Waals surface area contributed by atoms with E-state index in [2.05, 4.69) is 29.6 Å². The van der Waals surface area contributed by atoms with E-state index in [4.69, 9.17) is 27.9 Å². The first kappa shape index (κ1) is 15.9. The number of rotatable bonds is 3. The van der Waals surface area contributed by atoms with Gasteiger partial charge in [-0.05, 0) is 49.1 Å². The van der Waals surface area contributed by atoms with Crippen LogP contribution in [0, 0.1) is 5.92 Å². The van der Waals surface area contributed by atoms with E-state index in [1.807, 2.05) is 31.2 Å². The van der Waals surface area contributed by atoms with Crippen LogP contribution in [0.25, 0.3) is 0 Å². The molecule has 0 saturated heterocycles. The second-order valence-corrected chi connectivity index (χ2v) is 7.11. The molecule has 1 heterocycles. The summed E-state index contributed by atoms with van der Waals surface area (Å²) in [6.45, 7) is 2.67. The van der Waals surface area contributed by atoms with Crippen LogP contribution in [0.5, 0.6) is 5.75 Å². The third-order valence-corrected chi connectivity index (χ3v) is 5.61. The highest BCUT2D eigenvalue weighted by molar-refractivity contribution is 6.36. The molecule has 2 aromatic carbocycles. The second kappa shape index (κ2) is 6.34. The van der Waals surface area contributed by atoms with Crippen LogP contribution in [0.4, 0.5) is 5.69 Å². The van der Waals surface area contributed by atoms with Crippen molar-refractivity contribution in [1.29, 1.82) is 0 Å². The zero-order valence-corrected chi connectivity index (χ0v) is 14.9. The molecule has 0 radical (unpaired) electrons. The van der Waals surface area contributed by atoms with Crippen LogP contribution >= 0.6 is 23.2 Å². The summed E-state index contributed by atoms with van der Waals surface area (Å²) in [5, 5.41) is 5.16. The Labute approximate surface area is 152 Å². The monoisotopic (exact) mass is 359 g/mol. The first-order valence-electron chi connectivity index (χ1n) is 8.33. The van der Waals surface area contributed by atoms with Gasteiger partial charge in [0.2, 0.25) is 0 Å². The molecular weight excluding hydrogens is 341 g/mol. The van der Waals surface area contributed by atoms with Gasteiger partial charge in [-0.2, -0.15) is 0 Å². The summed E-state index contributed by atoms with van der Waals surface area (Å²) in [7, 11) is 0. The van der Waals surface area contributed by atoms with Crippen molar-refractivity contribution < 1.29 is 4.74 Å². The molecule has 0 aromatic heterocycles. The Bertz CT molecular complexity index is 785. The molecule has 3 atom stereocenters. The Morgan fingerprint density at radius 2 is 1.83 bits per heavy atom. The van der Waals surface area contributed by atoms with Crippen LogP contribution < -0.4 is 10.1 Å². The molecule has 3 unspecified atom stereocenters. The average Bonchev–Trinajstić information content (AvgIpc) is 3.08. The van der Waals surface area contributed by atoms with E-state index in [1.54, 1.807) is 0 Å². The van der Waals surface area contributed by atoms with E-state index in [0.29, 0.717) is 18.4 Å². The van der Waals surface area contributed by atoms with Gasteiger partial charge >= 0.3 is 0 Å². The van der Waals surface area contributed by atoms with Crippen LogP contribution in [0.2, 0.25) is 10.0 Å². The number of allylic oxidation sites excluding steroid dienone is 2. The van der Waals surface area contributed by atoms with Gasteiger partial charge in [0.05, 0.1) is 23.4 Å². The zero-order chi connectivity index (χ0) is 16.7. The number of anilines is 1. The van der Waals surface area contributed by atoms with Crippen molar-refractivity contribution in [2.75, 3.05) is 11.9 Å². The van der Waals surface area contributed by atoms with Gasteiger partial charge in [0.15, 0.2) is 0 Å². The number of halogens is 2. The van der Waals surface area contributed by atoms with Crippen molar-refractivity contribution in [1.82, 2.24) is 0 Å². The van der Waals surface area contributed by atoms with E-state index in [-0.39, 0.29) is 6.04 Å². The summed E-state index contributed by atoms with van der Waals surface area (Å²) >= 11 is 12.9. The average molecular weight is 360 g/mol. The fourth-order valence-corrected chi connectivity index (χ4v) is 4.40. The topological polar surface area (TPSA) is 21.3 Å². The number of hydrogen-bond donors (Lipinski definition) is 1. The maximum Gasteiger partial charge on any atom is 0.119 e. The van der Waals surface area contributed by atoms with Gasteiger partial charge < -0.3 is 10.1 Å². The largest absolute Gasteiger partial charge is 0.494 e. The Balaban J connectivity index is 1.74. The van der Waals surface area contributed by atoms with Crippen LogP contribution in [0.1, 0.15) is 36.4 Å². The van der Waals surface area contributed by atoms with Gasteiger partial charge in [-0.1, -0.05) is 47.5 Å². The summed E-state index contributed by atoms with van der Waals surface area (Å²) in [6, 6.07) is 12.3. The number of fused-ring (bicyclic) bond motifs is 3. The van der Waals surface area contributed by atoms with Crippen molar-refractivity contribution in [2.45, 2.75) is 25.3 Å².